The van der Waals surface area contributed by atoms with Crippen LogP contribution < -0.4 is 20.1 Å². The summed E-state index contributed by atoms with van der Waals surface area (Å²) in [6.45, 7) is 11.9. The maximum atomic E-state index is 13.6. The van der Waals surface area contributed by atoms with Gasteiger partial charge in [0.2, 0.25) is 0 Å². The zero-order chi connectivity index (χ0) is 26.6. The average Bonchev–Trinajstić information content (AvgIpc) is 3.17. The number of Topliss-reactive ketones (excluding diaryl/α,β-unsaturated/α-hetero) is 1. The molecule has 2 N–H and O–H groups in total. The van der Waals surface area contributed by atoms with Crippen molar-refractivity contribution >= 4 is 39.4 Å². The second-order valence-corrected chi connectivity index (χ2v) is 9.94. The molecule has 3 rings (SSSR count). The van der Waals surface area contributed by atoms with E-state index in [2.05, 4.69) is 51.6 Å². The van der Waals surface area contributed by atoms with Gasteiger partial charge in [0.1, 0.15) is 17.3 Å². The molecule has 0 spiro atoms. The number of anilines is 1. The van der Waals surface area contributed by atoms with Crippen molar-refractivity contribution in [3.8, 4) is 11.5 Å². The van der Waals surface area contributed by atoms with Crippen LogP contribution in [0.15, 0.2) is 28.3 Å². The van der Waals surface area contributed by atoms with E-state index in [0.29, 0.717) is 42.4 Å². The lowest BCUT2D eigenvalue weighted by molar-refractivity contribution is 0.0953. The lowest BCUT2D eigenvalue weighted by Gasteiger charge is -2.26. The first kappa shape index (κ1) is 27.5. The second-order valence-electron chi connectivity index (χ2n) is 9.59. The predicted molar refractivity (Wildman–Crippen MR) is 147 cm³/mol. The molecule has 0 fully saturated rings. The molecule has 0 atom stereocenters. The molecule has 2 aromatic rings. The number of ketones is 1. The fourth-order valence-corrected chi connectivity index (χ4v) is 4.80. The summed E-state index contributed by atoms with van der Waals surface area (Å²) in [7, 11) is 3.23. The van der Waals surface area contributed by atoms with Gasteiger partial charge in [0.25, 0.3) is 5.91 Å². The van der Waals surface area contributed by atoms with E-state index in [9.17, 15) is 9.59 Å². The Hall–Kier alpha value is -3.07. The summed E-state index contributed by atoms with van der Waals surface area (Å²) in [5, 5.41) is 5.99. The minimum Gasteiger partial charge on any atom is -0.494 e. The highest BCUT2D eigenvalue weighted by Gasteiger charge is 2.31. The number of nitrogens with one attached hydrogen (secondary N) is 2. The van der Waals surface area contributed by atoms with Gasteiger partial charge >= 0.3 is 0 Å². The van der Waals surface area contributed by atoms with Crippen LogP contribution in [0.25, 0.3) is 0 Å². The highest BCUT2D eigenvalue weighted by molar-refractivity contribution is 9.08. The lowest BCUT2D eigenvalue weighted by atomic mass is 9.84. The first-order valence-corrected chi connectivity index (χ1v) is 12.8. The van der Waals surface area contributed by atoms with E-state index in [1.54, 1.807) is 20.2 Å². The molecule has 0 saturated carbocycles. The van der Waals surface area contributed by atoms with Crippen LogP contribution in [-0.4, -0.2) is 56.3 Å². The van der Waals surface area contributed by atoms with Gasteiger partial charge in [0.15, 0.2) is 5.78 Å². The number of amidine groups is 1. The fourth-order valence-electron chi connectivity index (χ4n) is 4.38. The molecule has 194 valence electrons. The number of methoxy groups -OCH3 is 1. The number of nitrogens with zero attached hydrogens (tertiary/aromatic N) is 2. The molecule has 0 aromatic heterocycles. The van der Waals surface area contributed by atoms with Crippen LogP contribution in [-0.2, 0) is 12.0 Å². The maximum Gasteiger partial charge on any atom is 0.254 e. The van der Waals surface area contributed by atoms with Gasteiger partial charge in [-0.15, -0.1) is 0 Å². The third-order valence-corrected chi connectivity index (χ3v) is 6.42. The van der Waals surface area contributed by atoms with E-state index in [1.165, 1.54) is 0 Å². The molecular formula is C27H35BrN4O4. The topological polar surface area (TPSA) is 92.3 Å². The highest BCUT2D eigenvalue weighted by Crippen LogP contribution is 2.39. The molecule has 0 saturated heterocycles. The monoisotopic (exact) mass is 558 g/mol. The second kappa shape index (κ2) is 11.3. The Morgan fingerprint density at radius 2 is 1.89 bits per heavy atom. The first-order chi connectivity index (χ1) is 17.1. The molecule has 0 aliphatic carbocycles. The van der Waals surface area contributed by atoms with Gasteiger partial charge in [-0.3, -0.25) is 9.59 Å². The van der Waals surface area contributed by atoms with Gasteiger partial charge in [-0.25, -0.2) is 0 Å². The Morgan fingerprint density at radius 1 is 1.17 bits per heavy atom. The number of halogens is 1. The average molecular weight is 560 g/mol. The third-order valence-electron chi connectivity index (χ3n) is 6.08. The van der Waals surface area contributed by atoms with Crippen LogP contribution >= 0.6 is 16.1 Å². The molecule has 9 heteroatoms. The van der Waals surface area contributed by atoms with E-state index in [-0.39, 0.29) is 23.7 Å². The zero-order valence-corrected chi connectivity index (χ0v) is 23.6. The molecule has 1 amide bonds. The number of ether oxygens (including phenoxy) is 2. The number of fused-ring (bicyclic) bond motifs is 1. The van der Waals surface area contributed by atoms with Crippen molar-refractivity contribution in [2.45, 2.75) is 46.6 Å². The number of hydrogen-bond donors (Lipinski definition) is 2. The largest absolute Gasteiger partial charge is 0.494 e. The van der Waals surface area contributed by atoms with E-state index >= 15 is 0 Å². The van der Waals surface area contributed by atoms with E-state index in [0.717, 1.165) is 28.1 Å². The SMILES string of the molecule is CCNc1cc(C(=O)CN2Cc3cc(OCC)c(C(=O)NC)cc3C2=NBr)cc(C(C)(C)C)c1OC. The Bertz CT molecular complexity index is 1190. The molecule has 0 unspecified atom stereocenters. The van der Waals surface area contributed by atoms with Crippen LogP contribution in [0.4, 0.5) is 5.69 Å². The molecule has 1 aliphatic rings. The Balaban J connectivity index is 1.98. The molecule has 8 nitrogen and oxygen atoms in total. The van der Waals surface area contributed by atoms with Crippen molar-refractivity contribution in [2.24, 2.45) is 4.02 Å². The summed E-state index contributed by atoms with van der Waals surface area (Å²) >= 11 is 3.23. The maximum absolute atomic E-state index is 13.6. The smallest absolute Gasteiger partial charge is 0.254 e. The predicted octanol–water partition coefficient (Wildman–Crippen LogP) is 4.94. The van der Waals surface area contributed by atoms with E-state index in [1.807, 2.05) is 36.9 Å². The number of carbonyl (C=O) groups excluding carboxylic acids is 2. The Morgan fingerprint density at radius 3 is 2.44 bits per heavy atom. The van der Waals surface area contributed by atoms with Gasteiger partial charge in [0, 0.05) is 36.8 Å². The van der Waals surface area contributed by atoms with Crippen molar-refractivity contribution < 1.29 is 19.1 Å². The number of carbonyl (C=O) groups is 2. The van der Waals surface area contributed by atoms with Crippen LogP contribution in [0.3, 0.4) is 0 Å². The number of rotatable bonds is 9. The third kappa shape index (κ3) is 5.51. The quantitative estimate of drug-likeness (QED) is 0.423. The van der Waals surface area contributed by atoms with Crippen LogP contribution in [0.1, 0.15) is 72.0 Å². The van der Waals surface area contributed by atoms with Crippen molar-refractivity contribution in [3.63, 3.8) is 0 Å². The number of hydrogen-bond acceptors (Lipinski definition) is 6. The summed E-state index contributed by atoms with van der Waals surface area (Å²) < 4.78 is 15.7. The summed E-state index contributed by atoms with van der Waals surface area (Å²) in [5.41, 5.74) is 4.30. The summed E-state index contributed by atoms with van der Waals surface area (Å²) in [4.78, 5) is 27.9. The minimum atomic E-state index is -0.242. The molecule has 2 aromatic carbocycles. The zero-order valence-electron chi connectivity index (χ0n) is 22.0. The summed E-state index contributed by atoms with van der Waals surface area (Å²) in [5.74, 6) is 1.58. The van der Waals surface area contributed by atoms with Gasteiger partial charge in [-0.05, 0) is 49.1 Å². The molecule has 1 aliphatic heterocycles. The fraction of sp³-hybridized carbons (Fsp3) is 0.444. The molecule has 0 radical (unpaired) electrons. The lowest BCUT2D eigenvalue weighted by Crippen LogP contribution is -2.31. The first-order valence-electron chi connectivity index (χ1n) is 12.0. The van der Waals surface area contributed by atoms with Gasteiger partial charge < -0.3 is 25.0 Å². The summed E-state index contributed by atoms with van der Waals surface area (Å²) in [6, 6.07) is 7.41. The summed E-state index contributed by atoms with van der Waals surface area (Å²) in [6.07, 6.45) is 0. The highest BCUT2D eigenvalue weighted by atomic mass is 79.9. The minimum absolute atomic E-state index is 0.0414. The van der Waals surface area contributed by atoms with Crippen molar-refractivity contribution in [2.75, 3.05) is 39.2 Å². The molecule has 1 heterocycles. The van der Waals surface area contributed by atoms with E-state index < -0.39 is 0 Å². The normalized spacial score (nSPS) is 14.0. The Labute approximate surface area is 221 Å². The van der Waals surface area contributed by atoms with E-state index in [4.69, 9.17) is 9.47 Å². The Kier molecular flexibility index (Phi) is 8.66. The molecular weight excluding hydrogens is 524 g/mol. The number of amides is 1. The van der Waals surface area contributed by atoms with Crippen LogP contribution in [0.5, 0.6) is 11.5 Å². The van der Waals surface area contributed by atoms with Crippen molar-refractivity contribution in [1.82, 2.24) is 10.2 Å². The van der Waals surface area contributed by atoms with Crippen LogP contribution in [0.2, 0.25) is 0 Å². The van der Waals surface area contributed by atoms with Gasteiger partial charge in [-0.1, -0.05) is 20.8 Å². The van der Waals surface area contributed by atoms with Crippen molar-refractivity contribution in [1.29, 1.82) is 0 Å². The standard InChI is InChI=1S/C27H35BrN4O4/c1-8-30-21-11-16(10-20(24(21)35-7)27(3,4)5)22(33)15-32-14-17-12-23(36-9-2)19(26(34)29-6)13-18(17)25(32)31-28/h10-13,30H,8-9,14-15H2,1-7H3,(H,29,34). The molecule has 0 bridgehead atoms. The number of benzene rings is 2. The molecule has 36 heavy (non-hydrogen) atoms. The van der Waals surface area contributed by atoms with Gasteiger partial charge in [-0.2, -0.15) is 4.02 Å². The van der Waals surface area contributed by atoms with Crippen molar-refractivity contribution in [3.05, 3.63) is 52.1 Å². The van der Waals surface area contributed by atoms with Crippen LogP contribution in [0, 0.1) is 0 Å². The van der Waals surface area contributed by atoms with Gasteiger partial charge in [0.05, 0.1) is 47.7 Å².